The second-order valence-corrected chi connectivity index (χ2v) is 5.92. The summed E-state index contributed by atoms with van der Waals surface area (Å²) in [6.45, 7) is 5.32. The number of ether oxygens (including phenoxy) is 2. The number of rotatable bonds is 5. The Labute approximate surface area is 121 Å². The summed E-state index contributed by atoms with van der Waals surface area (Å²) in [4.78, 5) is 11.3. The summed E-state index contributed by atoms with van der Waals surface area (Å²) in [6, 6.07) is 1.82. The van der Waals surface area contributed by atoms with Gasteiger partial charge in [-0.05, 0) is 38.8 Å². The van der Waals surface area contributed by atoms with Crippen LogP contribution in [0.3, 0.4) is 0 Å². The van der Waals surface area contributed by atoms with Gasteiger partial charge in [-0.3, -0.25) is 4.79 Å². The summed E-state index contributed by atoms with van der Waals surface area (Å²) in [6.07, 6.45) is 0.368. The lowest BCUT2D eigenvalue weighted by molar-refractivity contribution is -0.146. The van der Waals surface area contributed by atoms with Gasteiger partial charge in [0.1, 0.15) is 0 Å². The molecule has 1 aromatic carbocycles. The molecule has 0 bridgehead atoms. The molecule has 0 atom stereocenters. The Morgan fingerprint density at radius 1 is 1.37 bits per heavy atom. The van der Waals surface area contributed by atoms with Gasteiger partial charge in [0.15, 0.2) is 11.5 Å². The van der Waals surface area contributed by atoms with Crippen LogP contribution in [0.25, 0.3) is 0 Å². The molecular formula is C14H19BrO4. The molecule has 1 aromatic rings. The fourth-order valence-corrected chi connectivity index (χ4v) is 2.31. The number of methoxy groups -OCH3 is 2. The van der Waals surface area contributed by atoms with Crippen molar-refractivity contribution < 1.29 is 19.4 Å². The van der Waals surface area contributed by atoms with Crippen LogP contribution in [0.5, 0.6) is 11.5 Å². The predicted octanol–water partition coefficient (Wildman–Crippen LogP) is 3.43. The maximum Gasteiger partial charge on any atom is 0.309 e. The number of benzene rings is 1. The Morgan fingerprint density at radius 3 is 2.37 bits per heavy atom. The van der Waals surface area contributed by atoms with Gasteiger partial charge >= 0.3 is 5.97 Å². The van der Waals surface area contributed by atoms with Gasteiger partial charge in [0.05, 0.1) is 19.6 Å². The summed E-state index contributed by atoms with van der Waals surface area (Å²) in [5, 5.41) is 9.27. The quantitative estimate of drug-likeness (QED) is 0.898. The molecule has 0 aliphatic carbocycles. The standard InChI is InChI=1S/C14H19BrO4/c1-8-9(7-14(2,3)13(16)17)12(19-5)11(18-4)6-10(8)15/h6H,7H2,1-5H3,(H,16,17). The van der Waals surface area contributed by atoms with E-state index in [2.05, 4.69) is 15.9 Å². The molecular weight excluding hydrogens is 312 g/mol. The number of carboxylic acid groups (broad SMARTS) is 1. The van der Waals surface area contributed by atoms with E-state index in [0.29, 0.717) is 17.9 Å². The molecule has 1 rings (SSSR count). The summed E-state index contributed by atoms with van der Waals surface area (Å²) in [7, 11) is 3.12. The van der Waals surface area contributed by atoms with E-state index in [1.54, 1.807) is 28.1 Å². The zero-order valence-electron chi connectivity index (χ0n) is 11.8. The number of halogens is 1. The highest BCUT2D eigenvalue weighted by molar-refractivity contribution is 9.10. The molecule has 106 valence electrons. The van der Waals surface area contributed by atoms with Gasteiger partial charge < -0.3 is 14.6 Å². The SMILES string of the molecule is COc1cc(Br)c(C)c(CC(C)(C)C(=O)O)c1OC. The van der Waals surface area contributed by atoms with Crippen molar-refractivity contribution in [3.8, 4) is 11.5 Å². The van der Waals surface area contributed by atoms with Crippen molar-refractivity contribution >= 4 is 21.9 Å². The summed E-state index contributed by atoms with van der Waals surface area (Å²) in [5.41, 5.74) is 0.942. The molecule has 0 saturated carbocycles. The number of carboxylic acids is 1. The minimum Gasteiger partial charge on any atom is -0.493 e. The largest absolute Gasteiger partial charge is 0.493 e. The maximum absolute atomic E-state index is 11.3. The van der Waals surface area contributed by atoms with Crippen molar-refractivity contribution in [3.63, 3.8) is 0 Å². The molecule has 0 spiro atoms. The molecule has 19 heavy (non-hydrogen) atoms. The average Bonchev–Trinajstić information content (AvgIpc) is 2.34. The molecule has 1 N–H and O–H groups in total. The first kappa shape index (κ1) is 15.8. The van der Waals surface area contributed by atoms with Gasteiger partial charge in [-0.15, -0.1) is 0 Å². The topological polar surface area (TPSA) is 55.8 Å². The van der Waals surface area contributed by atoms with Crippen LogP contribution in [-0.4, -0.2) is 25.3 Å². The fourth-order valence-electron chi connectivity index (χ4n) is 1.86. The lowest BCUT2D eigenvalue weighted by atomic mass is 9.84. The average molecular weight is 331 g/mol. The second-order valence-electron chi connectivity index (χ2n) is 5.06. The molecule has 0 aliphatic heterocycles. The third-order valence-electron chi connectivity index (χ3n) is 3.19. The first-order chi connectivity index (χ1) is 8.74. The van der Waals surface area contributed by atoms with E-state index in [1.165, 1.54) is 0 Å². The van der Waals surface area contributed by atoms with Crippen LogP contribution in [0.2, 0.25) is 0 Å². The minimum atomic E-state index is -0.871. The van der Waals surface area contributed by atoms with E-state index in [-0.39, 0.29) is 0 Å². The van der Waals surface area contributed by atoms with Crippen molar-refractivity contribution in [2.24, 2.45) is 5.41 Å². The van der Waals surface area contributed by atoms with Crippen LogP contribution in [0.4, 0.5) is 0 Å². The van der Waals surface area contributed by atoms with Crippen LogP contribution in [-0.2, 0) is 11.2 Å². The molecule has 0 unspecified atom stereocenters. The molecule has 4 nitrogen and oxygen atoms in total. The van der Waals surface area contributed by atoms with E-state index in [4.69, 9.17) is 9.47 Å². The van der Waals surface area contributed by atoms with Crippen molar-refractivity contribution in [2.75, 3.05) is 14.2 Å². The molecule has 0 amide bonds. The zero-order chi connectivity index (χ0) is 14.8. The Kier molecular flexibility index (Phi) is 4.85. The van der Waals surface area contributed by atoms with Gasteiger partial charge in [0.2, 0.25) is 0 Å². The Bertz CT molecular complexity index is 495. The van der Waals surface area contributed by atoms with E-state index in [0.717, 1.165) is 15.6 Å². The zero-order valence-corrected chi connectivity index (χ0v) is 13.4. The lowest BCUT2D eigenvalue weighted by Gasteiger charge is -2.23. The van der Waals surface area contributed by atoms with Gasteiger partial charge in [0, 0.05) is 10.0 Å². The Morgan fingerprint density at radius 2 is 1.95 bits per heavy atom. The normalized spacial score (nSPS) is 11.3. The van der Waals surface area contributed by atoms with Crippen LogP contribution < -0.4 is 9.47 Å². The molecule has 0 aliphatic rings. The molecule has 0 radical (unpaired) electrons. The maximum atomic E-state index is 11.3. The molecule has 0 aromatic heterocycles. The Hall–Kier alpha value is -1.23. The smallest absolute Gasteiger partial charge is 0.309 e. The fraction of sp³-hybridized carbons (Fsp3) is 0.500. The summed E-state index contributed by atoms with van der Waals surface area (Å²) in [5.74, 6) is 0.349. The first-order valence-corrected chi connectivity index (χ1v) is 6.67. The molecule has 5 heteroatoms. The van der Waals surface area contributed by atoms with E-state index < -0.39 is 11.4 Å². The predicted molar refractivity (Wildman–Crippen MR) is 77.1 cm³/mol. The third-order valence-corrected chi connectivity index (χ3v) is 4.01. The van der Waals surface area contributed by atoms with Gasteiger partial charge in [-0.2, -0.15) is 0 Å². The van der Waals surface area contributed by atoms with Crippen LogP contribution in [0.15, 0.2) is 10.5 Å². The van der Waals surface area contributed by atoms with Gasteiger partial charge in [0.25, 0.3) is 0 Å². The van der Waals surface area contributed by atoms with Crippen molar-refractivity contribution in [1.82, 2.24) is 0 Å². The first-order valence-electron chi connectivity index (χ1n) is 5.88. The summed E-state index contributed by atoms with van der Waals surface area (Å²) < 4.78 is 11.6. The lowest BCUT2D eigenvalue weighted by Crippen LogP contribution is -2.27. The van der Waals surface area contributed by atoms with Crippen LogP contribution >= 0.6 is 15.9 Å². The second kappa shape index (κ2) is 5.82. The summed E-state index contributed by atoms with van der Waals surface area (Å²) >= 11 is 3.46. The molecule has 0 fully saturated rings. The highest BCUT2D eigenvalue weighted by atomic mass is 79.9. The van der Waals surface area contributed by atoms with Crippen LogP contribution in [0, 0.1) is 12.3 Å². The van der Waals surface area contributed by atoms with E-state index in [1.807, 2.05) is 13.0 Å². The van der Waals surface area contributed by atoms with Crippen LogP contribution in [0.1, 0.15) is 25.0 Å². The van der Waals surface area contributed by atoms with Crippen molar-refractivity contribution in [2.45, 2.75) is 27.2 Å². The number of hydrogen-bond donors (Lipinski definition) is 1. The minimum absolute atomic E-state index is 0.368. The third kappa shape index (κ3) is 3.21. The highest BCUT2D eigenvalue weighted by Gasteiger charge is 2.30. The monoisotopic (exact) mass is 330 g/mol. The van der Waals surface area contributed by atoms with Gasteiger partial charge in [-0.1, -0.05) is 15.9 Å². The highest BCUT2D eigenvalue weighted by Crippen LogP contribution is 2.40. The number of aliphatic carboxylic acids is 1. The van der Waals surface area contributed by atoms with E-state index in [9.17, 15) is 9.90 Å². The van der Waals surface area contributed by atoms with Gasteiger partial charge in [-0.25, -0.2) is 0 Å². The van der Waals surface area contributed by atoms with E-state index >= 15 is 0 Å². The number of hydrogen-bond acceptors (Lipinski definition) is 3. The van der Waals surface area contributed by atoms with Crippen molar-refractivity contribution in [1.29, 1.82) is 0 Å². The molecule has 0 heterocycles. The number of carbonyl (C=O) groups is 1. The van der Waals surface area contributed by atoms with Crippen molar-refractivity contribution in [3.05, 3.63) is 21.7 Å². The molecule has 0 saturated heterocycles. The Balaban J connectivity index is 3.40.